The highest BCUT2D eigenvalue weighted by atomic mass is 16.3. The van der Waals surface area contributed by atoms with Gasteiger partial charge in [0.15, 0.2) is 0 Å². The van der Waals surface area contributed by atoms with E-state index in [9.17, 15) is 1.37 Å². The number of para-hydroxylation sites is 1. The van der Waals surface area contributed by atoms with Gasteiger partial charge in [0.25, 0.3) is 0 Å². The van der Waals surface area contributed by atoms with Crippen molar-refractivity contribution >= 4 is 54.6 Å². The van der Waals surface area contributed by atoms with Gasteiger partial charge in [0.1, 0.15) is 11.2 Å². The second-order valence-corrected chi connectivity index (χ2v) is 10.8. The van der Waals surface area contributed by atoms with E-state index in [0.717, 1.165) is 76.9 Å². The predicted molar refractivity (Wildman–Crippen MR) is 176 cm³/mol. The SMILES string of the molecule is [2H]c1cccc2c1oc1c([2H])c(-c3cc(-c4cnc5c(ccc6cccnc65)c4)cc(-c4ccc5cccnc5c4)c3)ccc12. The van der Waals surface area contributed by atoms with E-state index in [4.69, 9.17) is 10.8 Å². The molecule has 9 aromatic rings. The van der Waals surface area contributed by atoms with Gasteiger partial charge < -0.3 is 4.42 Å². The Bertz CT molecular complexity index is 2640. The van der Waals surface area contributed by atoms with Crippen LogP contribution in [0.5, 0.6) is 0 Å². The van der Waals surface area contributed by atoms with Crippen molar-refractivity contribution in [3.8, 4) is 33.4 Å². The van der Waals surface area contributed by atoms with Gasteiger partial charge in [-0.05, 0) is 88.4 Å². The van der Waals surface area contributed by atoms with Crippen LogP contribution in [0.25, 0.3) is 88.0 Å². The van der Waals surface area contributed by atoms with E-state index in [0.29, 0.717) is 23.3 Å². The summed E-state index contributed by atoms with van der Waals surface area (Å²) in [5.41, 5.74) is 9.28. The van der Waals surface area contributed by atoms with Gasteiger partial charge in [0, 0.05) is 51.1 Å². The normalized spacial score (nSPS) is 12.4. The van der Waals surface area contributed by atoms with Crippen molar-refractivity contribution in [2.75, 3.05) is 0 Å². The summed E-state index contributed by atoms with van der Waals surface area (Å²) in [6.07, 6.45) is 5.51. The van der Waals surface area contributed by atoms with E-state index in [1.54, 1.807) is 12.3 Å². The van der Waals surface area contributed by atoms with E-state index in [2.05, 4.69) is 70.6 Å². The Labute approximate surface area is 249 Å². The molecule has 0 fully saturated rings. The van der Waals surface area contributed by atoms with Crippen LogP contribution in [0.2, 0.25) is 0 Å². The zero-order valence-electron chi connectivity index (χ0n) is 24.9. The molecule has 0 saturated carbocycles. The molecule has 0 unspecified atom stereocenters. The summed E-state index contributed by atoms with van der Waals surface area (Å²) in [6, 6.07) is 37.1. The fraction of sp³-hybridized carbons (Fsp3) is 0. The highest BCUT2D eigenvalue weighted by molar-refractivity contribution is 6.06. The highest BCUT2D eigenvalue weighted by Crippen LogP contribution is 2.37. The standard InChI is InChI=1S/C39H23N3O/c1-2-8-36-33(7-1)34-14-13-27(22-37(34)43-36)30-18-29(26-11-9-24-5-3-15-40-35(24)21-26)19-31(20-30)32-17-28-12-10-25-6-4-16-41-38(25)39(28)42-23-32/h1-23H/i8D,22D. The molecule has 0 N–H and O–H groups in total. The first-order chi connectivity index (χ1) is 22.1. The number of furan rings is 1. The summed E-state index contributed by atoms with van der Waals surface area (Å²) in [7, 11) is 0. The number of nitrogens with zero attached hydrogens (tertiary/aromatic N) is 3. The molecule has 0 aliphatic heterocycles. The third kappa shape index (κ3) is 3.96. The monoisotopic (exact) mass is 551 g/mol. The number of fused-ring (bicyclic) bond motifs is 7. The highest BCUT2D eigenvalue weighted by Gasteiger charge is 2.13. The van der Waals surface area contributed by atoms with E-state index in [1.165, 1.54) is 0 Å². The summed E-state index contributed by atoms with van der Waals surface area (Å²) in [4.78, 5) is 14.1. The van der Waals surface area contributed by atoms with Gasteiger partial charge in [-0.2, -0.15) is 0 Å². The average Bonchev–Trinajstić information content (AvgIpc) is 3.49. The molecule has 0 aliphatic carbocycles. The zero-order valence-corrected chi connectivity index (χ0v) is 22.9. The molecule has 4 nitrogen and oxygen atoms in total. The largest absolute Gasteiger partial charge is 0.456 e. The van der Waals surface area contributed by atoms with Gasteiger partial charge in [-0.15, -0.1) is 0 Å². The summed E-state index contributed by atoms with van der Waals surface area (Å²) in [5.74, 6) is 0. The number of hydrogen-bond acceptors (Lipinski definition) is 4. The molecule has 9 rings (SSSR count). The second-order valence-electron chi connectivity index (χ2n) is 10.8. The quantitative estimate of drug-likeness (QED) is 0.205. The fourth-order valence-electron chi connectivity index (χ4n) is 6.01. The minimum atomic E-state index is 0.292. The van der Waals surface area contributed by atoms with E-state index in [1.807, 2.05) is 54.9 Å². The lowest BCUT2D eigenvalue weighted by atomic mass is 9.92. The number of benzene rings is 5. The lowest BCUT2D eigenvalue weighted by Gasteiger charge is -2.12. The Kier molecular flexibility index (Phi) is 4.73. The van der Waals surface area contributed by atoms with Gasteiger partial charge in [-0.3, -0.25) is 15.0 Å². The molecule has 0 atom stereocenters. The third-order valence-electron chi connectivity index (χ3n) is 8.16. The Balaban J connectivity index is 1.27. The molecular weight excluding hydrogens is 526 g/mol. The zero-order chi connectivity index (χ0) is 30.1. The molecule has 43 heavy (non-hydrogen) atoms. The minimum absolute atomic E-state index is 0.292. The molecule has 4 heteroatoms. The molecule has 0 amide bonds. The van der Waals surface area contributed by atoms with Crippen molar-refractivity contribution in [1.82, 2.24) is 15.0 Å². The molecule has 4 heterocycles. The first-order valence-corrected chi connectivity index (χ1v) is 14.2. The van der Waals surface area contributed by atoms with Gasteiger partial charge in [0.2, 0.25) is 0 Å². The van der Waals surface area contributed by atoms with Crippen molar-refractivity contribution in [3.05, 3.63) is 140 Å². The molecule has 0 radical (unpaired) electrons. The summed E-state index contributed by atoms with van der Waals surface area (Å²) >= 11 is 0. The maximum atomic E-state index is 9.24. The average molecular weight is 552 g/mol. The Morgan fingerprint density at radius 2 is 1.21 bits per heavy atom. The van der Waals surface area contributed by atoms with Crippen molar-refractivity contribution in [3.63, 3.8) is 0 Å². The predicted octanol–water partition coefficient (Wildman–Crippen LogP) is 10.2. The van der Waals surface area contributed by atoms with Crippen LogP contribution >= 0.6 is 0 Å². The number of hydrogen-bond donors (Lipinski definition) is 0. The summed E-state index contributed by atoms with van der Waals surface area (Å²) in [6.45, 7) is 0. The number of pyridine rings is 3. The van der Waals surface area contributed by atoms with Crippen molar-refractivity contribution in [2.45, 2.75) is 0 Å². The molecule has 0 spiro atoms. The smallest absolute Gasteiger partial charge is 0.136 e. The maximum Gasteiger partial charge on any atom is 0.136 e. The van der Waals surface area contributed by atoms with Crippen LogP contribution in [0.1, 0.15) is 2.74 Å². The first-order valence-electron chi connectivity index (χ1n) is 15.2. The van der Waals surface area contributed by atoms with E-state index in [-0.39, 0.29) is 0 Å². The van der Waals surface area contributed by atoms with Crippen LogP contribution in [0, 0.1) is 0 Å². The lowest BCUT2D eigenvalue weighted by molar-refractivity contribution is 0.669. The van der Waals surface area contributed by atoms with Crippen LogP contribution in [-0.4, -0.2) is 15.0 Å². The van der Waals surface area contributed by atoms with Crippen molar-refractivity contribution in [2.24, 2.45) is 0 Å². The Morgan fingerprint density at radius 3 is 2.14 bits per heavy atom. The molecule has 0 bridgehead atoms. The molecule has 5 aromatic carbocycles. The molecule has 4 aromatic heterocycles. The van der Waals surface area contributed by atoms with E-state index >= 15 is 0 Å². The topological polar surface area (TPSA) is 51.8 Å². The van der Waals surface area contributed by atoms with Crippen LogP contribution in [-0.2, 0) is 0 Å². The molecule has 200 valence electrons. The third-order valence-corrected chi connectivity index (χ3v) is 8.16. The minimum Gasteiger partial charge on any atom is -0.456 e. The lowest BCUT2D eigenvalue weighted by Crippen LogP contribution is -1.89. The van der Waals surface area contributed by atoms with Crippen molar-refractivity contribution in [1.29, 1.82) is 0 Å². The van der Waals surface area contributed by atoms with Crippen LogP contribution < -0.4 is 0 Å². The second kappa shape index (κ2) is 9.33. The van der Waals surface area contributed by atoms with Crippen LogP contribution in [0.3, 0.4) is 0 Å². The summed E-state index contributed by atoms with van der Waals surface area (Å²) in [5, 5.41) is 4.83. The number of aromatic nitrogens is 3. The molecule has 0 aliphatic rings. The maximum absolute atomic E-state index is 9.24. The summed E-state index contributed by atoms with van der Waals surface area (Å²) < 4.78 is 23.7. The van der Waals surface area contributed by atoms with Gasteiger partial charge in [0.05, 0.1) is 19.3 Å². The van der Waals surface area contributed by atoms with Gasteiger partial charge >= 0.3 is 0 Å². The Hall–Kier alpha value is -5.87. The van der Waals surface area contributed by atoms with Crippen LogP contribution in [0.15, 0.2) is 144 Å². The van der Waals surface area contributed by atoms with Crippen LogP contribution in [0.4, 0.5) is 0 Å². The number of rotatable bonds is 3. The fourth-order valence-corrected chi connectivity index (χ4v) is 6.01. The van der Waals surface area contributed by atoms with E-state index < -0.39 is 0 Å². The van der Waals surface area contributed by atoms with Gasteiger partial charge in [-0.1, -0.05) is 60.7 Å². The van der Waals surface area contributed by atoms with Gasteiger partial charge in [-0.25, -0.2) is 0 Å². The molecular formula is C39H23N3O. The van der Waals surface area contributed by atoms with Crippen molar-refractivity contribution < 1.29 is 7.16 Å². The Morgan fingerprint density at radius 1 is 0.488 bits per heavy atom. The first kappa shape index (κ1) is 21.8. The molecule has 0 saturated heterocycles.